The predicted octanol–water partition coefficient (Wildman–Crippen LogP) is 0.847. The summed E-state index contributed by atoms with van der Waals surface area (Å²) < 4.78 is 2.16. The van der Waals surface area contributed by atoms with Gasteiger partial charge in [-0.05, 0) is 31.8 Å². The van der Waals surface area contributed by atoms with Crippen LogP contribution in [0.15, 0.2) is 33.9 Å². The number of likely N-dealkylation sites (N-methyl/N-ethyl adjacent to an activating group) is 1. The molecule has 1 aromatic carbocycles. The van der Waals surface area contributed by atoms with E-state index in [0.717, 1.165) is 14.8 Å². The summed E-state index contributed by atoms with van der Waals surface area (Å²) in [6.45, 7) is 0.452. The molecule has 23 heavy (non-hydrogen) atoms. The van der Waals surface area contributed by atoms with Crippen LogP contribution in [0.4, 0.5) is 5.82 Å². The summed E-state index contributed by atoms with van der Waals surface area (Å²) in [4.78, 5) is 25.8. The molecule has 0 amide bonds. The highest BCUT2D eigenvalue weighted by Crippen LogP contribution is 2.21. The quantitative estimate of drug-likeness (QED) is 0.875. The first-order valence-electron chi connectivity index (χ1n) is 7.11. The van der Waals surface area contributed by atoms with Gasteiger partial charge in [-0.2, -0.15) is 0 Å². The minimum absolute atomic E-state index is 0.00237. The Labute approximate surface area is 139 Å². The second-order valence-electron chi connectivity index (χ2n) is 5.53. The molecule has 1 unspecified atom stereocenters. The Morgan fingerprint density at radius 1 is 1.30 bits per heavy atom. The molecular weight excluding hydrogens is 318 g/mol. The number of nitrogens with zero attached hydrogens (tertiary/aromatic N) is 4. The van der Waals surface area contributed by atoms with Crippen molar-refractivity contribution in [2.24, 2.45) is 14.1 Å². The van der Waals surface area contributed by atoms with Crippen molar-refractivity contribution in [1.82, 2.24) is 19.2 Å². The summed E-state index contributed by atoms with van der Waals surface area (Å²) in [6, 6.07) is 7.56. The highest BCUT2D eigenvalue weighted by molar-refractivity contribution is 6.30. The molecule has 2 aromatic rings. The highest BCUT2D eigenvalue weighted by atomic mass is 35.5. The van der Waals surface area contributed by atoms with E-state index >= 15 is 0 Å². The zero-order valence-corrected chi connectivity index (χ0v) is 14.3. The molecule has 1 heterocycles. The minimum Gasteiger partial charge on any atom is -0.362 e. The van der Waals surface area contributed by atoms with E-state index < -0.39 is 11.2 Å². The standard InChI is InChI=1S/C15H20ClN5O2/c1-19(2)12(10-6-5-7-11(16)8-10)9-17-13-14(22)20(3)15(23)21(4)18-13/h5-8,12H,9H2,1-4H3,(H,17,18). The summed E-state index contributed by atoms with van der Waals surface area (Å²) >= 11 is 6.05. The normalized spacial score (nSPS) is 12.4. The van der Waals surface area contributed by atoms with E-state index in [1.54, 1.807) is 0 Å². The molecule has 0 aliphatic carbocycles. The molecule has 8 heteroatoms. The van der Waals surface area contributed by atoms with E-state index in [0.29, 0.717) is 11.6 Å². The second kappa shape index (κ2) is 6.97. The SMILES string of the molecule is CN(C)C(CNc1nn(C)c(=O)n(C)c1=O)c1cccc(Cl)c1. The number of hydrogen-bond acceptors (Lipinski definition) is 5. The van der Waals surface area contributed by atoms with Gasteiger partial charge in [-0.3, -0.25) is 9.36 Å². The van der Waals surface area contributed by atoms with E-state index in [1.165, 1.54) is 14.1 Å². The van der Waals surface area contributed by atoms with Crippen LogP contribution in [-0.2, 0) is 14.1 Å². The number of anilines is 1. The minimum atomic E-state index is -0.459. The van der Waals surface area contributed by atoms with Gasteiger partial charge in [0.1, 0.15) is 0 Å². The van der Waals surface area contributed by atoms with E-state index in [1.807, 2.05) is 43.3 Å². The van der Waals surface area contributed by atoms with Crippen LogP contribution in [0.2, 0.25) is 5.02 Å². The Hall–Kier alpha value is -2.12. The van der Waals surface area contributed by atoms with Crippen molar-refractivity contribution in [3.8, 4) is 0 Å². The summed E-state index contributed by atoms with van der Waals surface area (Å²) in [7, 11) is 6.82. The Bertz CT molecular complexity index is 812. The van der Waals surface area contributed by atoms with Crippen molar-refractivity contribution in [1.29, 1.82) is 0 Å². The lowest BCUT2D eigenvalue weighted by Crippen LogP contribution is -2.40. The Morgan fingerprint density at radius 3 is 2.61 bits per heavy atom. The average Bonchev–Trinajstić information content (AvgIpc) is 2.50. The number of benzene rings is 1. The molecule has 1 aromatic heterocycles. The van der Waals surface area contributed by atoms with Crippen LogP contribution in [0.25, 0.3) is 0 Å². The third-order valence-electron chi connectivity index (χ3n) is 3.64. The van der Waals surface area contributed by atoms with Gasteiger partial charge >= 0.3 is 5.69 Å². The van der Waals surface area contributed by atoms with Crippen molar-refractivity contribution in [2.45, 2.75) is 6.04 Å². The van der Waals surface area contributed by atoms with Gasteiger partial charge in [0.2, 0.25) is 5.82 Å². The van der Waals surface area contributed by atoms with Gasteiger partial charge in [-0.25, -0.2) is 9.48 Å². The maximum Gasteiger partial charge on any atom is 0.346 e. The van der Waals surface area contributed by atoms with Gasteiger partial charge in [-0.15, -0.1) is 5.10 Å². The summed E-state index contributed by atoms with van der Waals surface area (Å²) in [6.07, 6.45) is 0. The molecule has 0 saturated carbocycles. The second-order valence-corrected chi connectivity index (χ2v) is 5.97. The van der Waals surface area contributed by atoms with Gasteiger partial charge in [0.25, 0.3) is 5.56 Å². The smallest absolute Gasteiger partial charge is 0.346 e. The topological polar surface area (TPSA) is 72.2 Å². The molecule has 0 aliphatic rings. The van der Waals surface area contributed by atoms with Gasteiger partial charge in [0.15, 0.2) is 0 Å². The third kappa shape index (κ3) is 3.80. The van der Waals surface area contributed by atoms with Crippen molar-refractivity contribution in [3.05, 3.63) is 55.7 Å². The van der Waals surface area contributed by atoms with E-state index in [9.17, 15) is 9.59 Å². The van der Waals surface area contributed by atoms with E-state index in [-0.39, 0.29) is 11.9 Å². The van der Waals surface area contributed by atoms with Crippen molar-refractivity contribution in [2.75, 3.05) is 26.0 Å². The summed E-state index contributed by atoms with van der Waals surface area (Å²) in [5.74, 6) is 0.142. The fraction of sp³-hybridized carbons (Fsp3) is 0.400. The van der Waals surface area contributed by atoms with Gasteiger partial charge < -0.3 is 10.2 Å². The van der Waals surface area contributed by atoms with Crippen molar-refractivity contribution < 1.29 is 0 Å². The molecule has 124 valence electrons. The summed E-state index contributed by atoms with van der Waals surface area (Å²) in [5.41, 5.74) is 0.118. The van der Waals surface area contributed by atoms with Crippen LogP contribution in [0.3, 0.4) is 0 Å². The fourth-order valence-corrected chi connectivity index (χ4v) is 2.51. The number of rotatable bonds is 5. The molecule has 1 N–H and O–H groups in total. The zero-order chi connectivity index (χ0) is 17.1. The highest BCUT2D eigenvalue weighted by Gasteiger charge is 2.16. The molecule has 1 atom stereocenters. The Morgan fingerprint density at radius 2 is 2.00 bits per heavy atom. The van der Waals surface area contributed by atoms with Crippen LogP contribution in [0.1, 0.15) is 11.6 Å². The number of aryl methyl sites for hydroxylation is 1. The Balaban J connectivity index is 2.27. The molecule has 0 spiro atoms. The van der Waals surface area contributed by atoms with Crippen LogP contribution in [0.5, 0.6) is 0 Å². The monoisotopic (exact) mass is 337 g/mol. The lowest BCUT2D eigenvalue weighted by molar-refractivity contribution is 0.311. The first-order valence-corrected chi connectivity index (χ1v) is 7.49. The van der Waals surface area contributed by atoms with Crippen molar-refractivity contribution >= 4 is 17.4 Å². The van der Waals surface area contributed by atoms with Crippen LogP contribution in [0, 0.1) is 0 Å². The lowest BCUT2D eigenvalue weighted by atomic mass is 10.1. The van der Waals surface area contributed by atoms with Crippen molar-refractivity contribution in [3.63, 3.8) is 0 Å². The largest absolute Gasteiger partial charge is 0.362 e. The van der Waals surface area contributed by atoms with Gasteiger partial charge in [0.05, 0.1) is 6.04 Å². The third-order valence-corrected chi connectivity index (χ3v) is 3.88. The first kappa shape index (κ1) is 17.2. The van der Waals surface area contributed by atoms with Crippen LogP contribution in [-0.4, -0.2) is 39.9 Å². The molecule has 0 aliphatic heterocycles. The number of hydrogen-bond donors (Lipinski definition) is 1. The lowest BCUT2D eigenvalue weighted by Gasteiger charge is -2.25. The molecule has 7 nitrogen and oxygen atoms in total. The maximum absolute atomic E-state index is 12.1. The Kier molecular flexibility index (Phi) is 5.23. The number of nitrogens with one attached hydrogen (secondary N) is 1. The van der Waals surface area contributed by atoms with Crippen LogP contribution < -0.4 is 16.6 Å². The molecule has 0 saturated heterocycles. The zero-order valence-electron chi connectivity index (χ0n) is 13.6. The average molecular weight is 338 g/mol. The number of aromatic nitrogens is 3. The van der Waals surface area contributed by atoms with Gasteiger partial charge in [0, 0.05) is 25.7 Å². The van der Waals surface area contributed by atoms with Crippen LogP contribution >= 0.6 is 11.6 Å². The molecule has 0 fully saturated rings. The number of halogens is 1. The fourth-order valence-electron chi connectivity index (χ4n) is 2.32. The molecule has 2 rings (SSSR count). The first-order chi connectivity index (χ1) is 10.8. The predicted molar refractivity (Wildman–Crippen MR) is 91.1 cm³/mol. The maximum atomic E-state index is 12.1. The molecule has 0 bridgehead atoms. The van der Waals surface area contributed by atoms with E-state index in [4.69, 9.17) is 11.6 Å². The molecular formula is C15H20ClN5O2. The molecule has 0 radical (unpaired) electrons. The van der Waals surface area contributed by atoms with E-state index in [2.05, 4.69) is 10.4 Å². The summed E-state index contributed by atoms with van der Waals surface area (Å²) in [5, 5.41) is 7.68. The van der Waals surface area contributed by atoms with Gasteiger partial charge in [-0.1, -0.05) is 23.7 Å².